The third-order valence-corrected chi connectivity index (χ3v) is 5.06. The zero-order valence-electron chi connectivity index (χ0n) is 14.4. The molecule has 28 heavy (non-hydrogen) atoms. The van der Waals surface area contributed by atoms with Gasteiger partial charge < -0.3 is 5.32 Å². The zero-order chi connectivity index (χ0) is 20.3. The third-order valence-electron chi connectivity index (χ3n) is 3.79. The Morgan fingerprint density at radius 1 is 1.21 bits per heavy atom. The Morgan fingerprint density at radius 2 is 1.96 bits per heavy atom. The van der Waals surface area contributed by atoms with E-state index in [9.17, 15) is 18.8 Å². The zero-order valence-corrected chi connectivity index (χ0v) is 16.8. The molecule has 0 unspecified atom stereocenters. The van der Waals surface area contributed by atoms with Gasteiger partial charge in [-0.05, 0) is 69.2 Å². The topological polar surface area (TPSA) is 66.5 Å². The van der Waals surface area contributed by atoms with Crippen LogP contribution in [-0.4, -0.2) is 22.0 Å². The molecule has 1 heterocycles. The number of anilines is 1. The van der Waals surface area contributed by atoms with Gasteiger partial charge in [0.05, 0.1) is 15.9 Å². The predicted molar refractivity (Wildman–Crippen MR) is 111 cm³/mol. The molecule has 3 rings (SSSR count). The minimum Gasteiger partial charge on any atom is -0.322 e. The van der Waals surface area contributed by atoms with Crippen LogP contribution in [0.15, 0.2) is 64.5 Å². The third kappa shape index (κ3) is 4.76. The molecule has 1 fully saturated rings. The van der Waals surface area contributed by atoms with Gasteiger partial charge >= 0.3 is 0 Å². The first-order valence-corrected chi connectivity index (χ1v) is 9.70. The SMILES string of the molecule is C=C(Br)C(=O)Nc1cccc(/C=C2\SC(=O)N(Cc3cccc(F)c3)C2=O)c1. The van der Waals surface area contributed by atoms with Gasteiger partial charge in [0.2, 0.25) is 0 Å². The fourth-order valence-electron chi connectivity index (χ4n) is 2.51. The predicted octanol–water partition coefficient (Wildman–Crippen LogP) is 4.91. The van der Waals surface area contributed by atoms with E-state index in [1.165, 1.54) is 18.2 Å². The number of hydrogen-bond acceptors (Lipinski definition) is 4. The Labute approximate surface area is 173 Å². The maximum absolute atomic E-state index is 13.3. The summed E-state index contributed by atoms with van der Waals surface area (Å²) in [6.45, 7) is 3.50. The van der Waals surface area contributed by atoms with Crippen LogP contribution in [0.1, 0.15) is 11.1 Å². The van der Waals surface area contributed by atoms with Crippen LogP contribution < -0.4 is 5.32 Å². The Balaban J connectivity index is 1.78. The fourth-order valence-corrected chi connectivity index (χ4v) is 3.45. The van der Waals surface area contributed by atoms with Crippen molar-refractivity contribution in [2.45, 2.75) is 6.54 Å². The molecule has 0 aliphatic carbocycles. The molecule has 0 bridgehead atoms. The van der Waals surface area contributed by atoms with Gasteiger partial charge in [-0.3, -0.25) is 19.3 Å². The molecule has 5 nitrogen and oxygen atoms in total. The Bertz CT molecular complexity index is 1020. The fraction of sp³-hybridized carbons (Fsp3) is 0.0500. The minimum absolute atomic E-state index is 0.00320. The summed E-state index contributed by atoms with van der Waals surface area (Å²) in [6.07, 6.45) is 1.58. The number of carbonyl (C=O) groups is 3. The summed E-state index contributed by atoms with van der Waals surface area (Å²) in [5.74, 6) is -1.25. The Kier molecular flexibility index (Phi) is 6.11. The van der Waals surface area contributed by atoms with Crippen LogP contribution >= 0.6 is 27.7 Å². The largest absolute Gasteiger partial charge is 0.322 e. The Hall–Kier alpha value is -2.71. The molecule has 8 heteroatoms. The highest BCUT2D eigenvalue weighted by Crippen LogP contribution is 2.33. The first-order valence-electron chi connectivity index (χ1n) is 8.09. The van der Waals surface area contributed by atoms with Crippen LogP contribution in [0.3, 0.4) is 0 Å². The van der Waals surface area contributed by atoms with Gasteiger partial charge in [-0.25, -0.2) is 4.39 Å². The second kappa shape index (κ2) is 8.53. The maximum atomic E-state index is 13.3. The van der Waals surface area contributed by atoms with Crippen molar-refractivity contribution in [1.29, 1.82) is 0 Å². The van der Waals surface area contributed by atoms with Gasteiger partial charge in [0.1, 0.15) is 5.82 Å². The van der Waals surface area contributed by atoms with E-state index >= 15 is 0 Å². The molecule has 142 valence electrons. The van der Waals surface area contributed by atoms with Gasteiger partial charge in [-0.15, -0.1) is 0 Å². The number of nitrogens with zero attached hydrogens (tertiary/aromatic N) is 1. The first-order chi connectivity index (χ1) is 13.3. The van der Waals surface area contributed by atoms with Crippen molar-refractivity contribution in [2.24, 2.45) is 0 Å². The molecule has 0 aromatic heterocycles. The highest BCUT2D eigenvalue weighted by atomic mass is 79.9. The molecular formula is C20H14BrFN2O3S. The molecule has 1 aliphatic heterocycles. The van der Waals surface area contributed by atoms with Crippen molar-refractivity contribution in [1.82, 2.24) is 4.90 Å². The molecule has 1 aliphatic rings. The van der Waals surface area contributed by atoms with Crippen LogP contribution in [0.25, 0.3) is 6.08 Å². The number of nitrogens with one attached hydrogen (secondary N) is 1. The van der Waals surface area contributed by atoms with Crippen molar-refractivity contribution in [3.05, 3.63) is 81.4 Å². The van der Waals surface area contributed by atoms with Crippen LogP contribution in [-0.2, 0) is 16.1 Å². The summed E-state index contributed by atoms with van der Waals surface area (Å²) in [4.78, 5) is 37.8. The molecular weight excluding hydrogens is 447 g/mol. The summed E-state index contributed by atoms with van der Waals surface area (Å²) in [7, 11) is 0. The highest BCUT2D eigenvalue weighted by molar-refractivity contribution is 9.12. The maximum Gasteiger partial charge on any atom is 0.293 e. The van der Waals surface area contributed by atoms with Crippen LogP contribution in [0.2, 0.25) is 0 Å². The number of hydrogen-bond donors (Lipinski definition) is 1. The number of carbonyl (C=O) groups excluding carboxylic acids is 3. The summed E-state index contributed by atoms with van der Waals surface area (Å²) in [6, 6.07) is 12.6. The number of thioether (sulfide) groups is 1. The Morgan fingerprint density at radius 3 is 2.68 bits per heavy atom. The van der Waals surface area contributed by atoms with E-state index in [-0.39, 0.29) is 21.8 Å². The summed E-state index contributed by atoms with van der Waals surface area (Å²) in [5.41, 5.74) is 1.70. The van der Waals surface area contributed by atoms with Crippen molar-refractivity contribution >= 4 is 56.5 Å². The minimum atomic E-state index is -0.442. The lowest BCUT2D eigenvalue weighted by molar-refractivity contribution is -0.123. The van der Waals surface area contributed by atoms with Gasteiger partial charge in [0.25, 0.3) is 17.1 Å². The van der Waals surface area contributed by atoms with Crippen LogP contribution in [0, 0.1) is 5.82 Å². The van der Waals surface area contributed by atoms with E-state index in [0.717, 1.165) is 16.7 Å². The molecule has 0 radical (unpaired) electrons. The van der Waals surface area contributed by atoms with Crippen molar-refractivity contribution < 1.29 is 18.8 Å². The van der Waals surface area contributed by atoms with Crippen LogP contribution in [0.5, 0.6) is 0 Å². The summed E-state index contributed by atoms with van der Waals surface area (Å²) >= 11 is 3.83. The molecule has 3 amide bonds. The number of benzene rings is 2. The summed E-state index contributed by atoms with van der Waals surface area (Å²) in [5, 5.41) is 2.24. The van der Waals surface area contributed by atoms with E-state index in [2.05, 4.69) is 27.8 Å². The number of halogens is 2. The van der Waals surface area contributed by atoms with Gasteiger partial charge in [-0.2, -0.15) is 0 Å². The molecule has 1 saturated heterocycles. The molecule has 0 atom stereocenters. The van der Waals surface area contributed by atoms with Crippen molar-refractivity contribution in [3.63, 3.8) is 0 Å². The van der Waals surface area contributed by atoms with Gasteiger partial charge in [0.15, 0.2) is 0 Å². The first kappa shape index (κ1) is 20.0. The monoisotopic (exact) mass is 460 g/mol. The molecule has 2 aromatic rings. The number of rotatable bonds is 5. The lowest BCUT2D eigenvalue weighted by atomic mass is 10.1. The summed E-state index contributed by atoms with van der Waals surface area (Å²) < 4.78 is 13.5. The molecule has 1 N–H and O–H groups in total. The van der Waals surface area contributed by atoms with E-state index in [1.807, 2.05) is 0 Å². The standard InChI is InChI=1S/C20H14BrFN2O3S/c1-12(21)18(25)23-16-7-3-4-13(9-16)10-17-19(26)24(20(27)28-17)11-14-5-2-6-15(22)8-14/h2-10H,1,11H2,(H,23,25)/b17-10-. The molecule has 0 spiro atoms. The quantitative estimate of drug-likeness (QED) is 0.643. The van der Waals surface area contributed by atoms with E-state index in [4.69, 9.17) is 0 Å². The highest BCUT2D eigenvalue weighted by Gasteiger charge is 2.35. The molecule has 2 aromatic carbocycles. The van der Waals surface area contributed by atoms with Gasteiger partial charge in [-0.1, -0.05) is 30.8 Å². The second-order valence-electron chi connectivity index (χ2n) is 5.88. The number of imide groups is 1. The smallest absolute Gasteiger partial charge is 0.293 e. The lowest BCUT2D eigenvalue weighted by Gasteiger charge is -2.12. The van der Waals surface area contributed by atoms with Crippen molar-refractivity contribution in [3.8, 4) is 0 Å². The number of amides is 3. The van der Waals surface area contributed by atoms with E-state index < -0.39 is 17.0 Å². The second-order valence-corrected chi connectivity index (χ2v) is 7.83. The van der Waals surface area contributed by atoms with E-state index in [1.54, 1.807) is 36.4 Å². The molecule has 0 saturated carbocycles. The average Bonchev–Trinajstić information content (AvgIpc) is 2.89. The normalized spacial score (nSPS) is 15.2. The lowest BCUT2D eigenvalue weighted by Crippen LogP contribution is -2.27. The average molecular weight is 461 g/mol. The van der Waals surface area contributed by atoms with E-state index in [0.29, 0.717) is 16.8 Å². The van der Waals surface area contributed by atoms with Crippen molar-refractivity contribution in [2.75, 3.05) is 5.32 Å². The van der Waals surface area contributed by atoms with Gasteiger partial charge in [0, 0.05) is 5.69 Å². The van der Waals surface area contributed by atoms with Crippen LogP contribution in [0.4, 0.5) is 14.9 Å².